The third kappa shape index (κ3) is 5.94. The Kier molecular flexibility index (Phi) is 7.21. The topological polar surface area (TPSA) is 88.1 Å². The highest BCUT2D eigenvalue weighted by molar-refractivity contribution is 5.92. The third-order valence-corrected chi connectivity index (χ3v) is 4.59. The van der Waals surface area contributed by atoms with Gasteiger partial charge in [0.1, 0.15) is 11.5 Å². The third-order valence-electron chi connectivity index (χ3n) is 4.59. The second-order valence-electron chi connectivity index (χ2n) is 6.74. The van der Waals surface area contributed by atoms with Crippen LogP contribution < -0.4 is 9.47 Å². The Balaban J connectivity index is 1.51. The highest BCUT2D eigenvalue weighted by Crippen LogP contribution is 2.20. The number of hydrogen-bond acceptors (Lipinski definition) is 7. The molecule has 0 aromatic heterocycles. The molecule has 0 N–H and O–H groups in total. The molecular weight excluding hydrogens is 388 g/mol. The quantitative estimate of drug-likeness (QED) is 0.298. The Morgan fingerprint density at radius 2 is 1.43 bits per heavy atom. The first-order chi connectivity index (χ1) is 14.5. The summed E-state index contributed by atoms with van der Waals surface area (Å²) in [5, 5.41) is 0. The van der Waals surface area contributed by atoms with Gasteiger partial charge < -0.3 is 18.9 Å². The number of carbonyl (C=O) groups is 3. The summed E-state index contributed by atoms with van der Waals surface area (Å²) in [5.74, 6) is -0.0816. The average molecular weight is 410 g/mol. The van der Waals surface area contributed by atoms with Crippen LogP contribution in [-0.4, -0.2) is 31.8 Å². The van der Waals surface area contributed by atoms with Crippen molar-refractivity contribution in [3.63, 3.8) is 0 Å². The number of benzene rings is 2. The fourth-order valence-corrected chi connectivity index (χ4v) is 2.91. The monoisotopic (exact) mass is 410 g/mol. The first-order valence-corrected chi connectivity index (χ1v) is 9.55. The molecule has 30 heavy (non-hydrogen) atoms. The minimum atomic E-state index is -0.848. The first kappa shape index (κ1) is 21.1. The van der Waals surface area contributed by atoms with Crippen molar-refractivity contribution < 1.29 is 33.3 Å². The van der Waals surface area contributed by atoms with E-state index in [0.717, 1.165) is 19.3 Å². The van der Waals surface area contributed by atoms with Gasteiger partial charge in [0.05, 0.1) is 24.8 Å². The largest absolute Gasteiger partial charge is 0.513 e. The van der Waals surface area contributed by atoms with Gasteiger partial charge in [-0.15, -0.1) is 0 Å². The number of carbonyl (C=O) groups excluding carboxylic acids is 3. The number of methoxy groups -OCH3 is 1. The molecule has 0 amide bonds. The molecule has 1 aliphatic carbocycles. The molecule has 7 heteroatoms. The molecule has 0 saturated carbocycles. The van der Waals surface area contributed by atoms with Gasteiger partial charge in [0, 0.05) is 0 Å². The highest BCUT2D eigenvalue weighted by atomic mass is 16.7. The number of esters is 2. The molecule has 0 spiro atoms. The number of allylic oxidation sites excluding steroid dienone is 2. The van der Waals surface area contributed by atoms with Crippen LogP contribution in [0, 0.1) is 5.92 Å². The minimum Gasteiger partial charge on any atom is -0.462 e. The molecule has 7 nitrogen and oxygen atoms in total. The molecule has 1 atom stereocenters. The van der Waals surface area contributed by atoms with Crippen molar-refractivity contribution in [2.24, 2.45) is 5.92 Å². The maximum absolute atomic E-state index is 12.2. The van der Waals surface area contributed by atoms with Gasteiger partial charge in [0.15, 0.2) is 0 Å². The lowest BCUT2D eigenvalue weighted by atomic mass is 9.95. The van der Waals surface area contributed by atoms with Gasteiger partial charge in [0.25, 0.3) is 0 Å². The van der Waals surface area contributed by atoms with Crippen LogP contribution in [0.1, 0.15) is 40.0 Å². The molecule has 0 aliphatic heterocycles. The molecule has 0 fully saturated rings. The predicted molar refractivity (Wildman–Crippen MR) is 108 cm³/mol. The van der Waals surface area contributed by atoms with Crippen LogP contribution in [0.25, 0.3) is 0 Å². The van der Waals surface area contributed by atoms with Gasteiger partial charge in [0.2, 0.25) is 0 Å². The zero-order valence-electron chi connectivity index (χ0n) is 16.5. The summed E-state index contributed by atoms with van der Waals surface area (Å²) in [4.78, 5) is 35.5. The molecule has 0 radical (unpaired) electrons. The summed E-state index contributed by atoms with van der Waals surface area (Å²) < 4.78 is 19.9. The molecule has 2 aromatic carbocycles. The predicted octanol–water partition coefficient (Wildman–Crippen LogP) is 4.56. The van der Waals surface area contributed by atoms with Crippen molar-refractivity contribution in [1.29, 1.82) is 0 Å². The van der Waals surface area contributed by atoms with E-state index in [2.05, 4.69) is 16.9 Å². The summed E-state index contributed by atoms with van der Waals surface area (Å²) in [6, 6.07) is 12.0. The van der Waals surface area contributed by atoms with Gasteiger partial charge in [-0.3, -0.25) is 0 Å². The Hall–Kier alpha value is -3.61. The van der Waals surface area contributed by atoms with Crippen molar-refractivity contribution >= 4 is 18.1 Å². The second-order valence-corrected chi connectivity index (χ2v) is 6.74. The van der Waals surface area contributed by atoms with E-state index in [4.69, 9.17) is 14.2 Å². The zero-order valence-corrected chi connectivity index (χ0v) is 16.5. The Bertz CT molecular complexity index is 914. The number of rotatable bonds is 6. The molecule has 0 bridgehead atoms. The molecule has 0 heterocycles. The van der Waals surface area contributed by atoms with E-state index in [1.165, 1.54) is 43.5 Å². The Labute approximate surface area is 174 Å². The van der Waals surface area contributed by atoms with Gasteiger partial charge in [-0.05, 0) is 73.7 Å². The minimum absolute atomic E-state index is 0.241. The van der Waals surface area contributed by atoms with Crippen LogP contribution >= 0.6 is 0 Å². The van der Waals surface area contributed by atoms with Crippen molar-refractivity contribution in [1.82, 2.24) is 0 Å². The lowest BCUT2D eigenvalue weighted by Gasteiger charge is -2.17. The molecule has 1 unspecified atom stereocenters. The van der Waals surface area contributed by atoms with E-state index < -0.39 is 18.1 Å². The van der Waals surface area contributed by atoms with E-state index in [9.17, 15) is 14.4 Å². The molecule has 3 rings (SSSR count). The molecular formula is C23H22O7. The Morgan fingerprint density at radius 3 is 2.00 bits per heavy atom. The van der Waals surface area contributed by atoms with E-state index in [0.29, 0.717) is 23.8 Å². The fourth-order valence-electron chi connectivity index (χ4n) is 2.91. The summed E-state index contributed by atoms with van der Waals surface area (Å²) in [5.41, 5.74) is 0.669. The van der Waals surface area contributed by atoms with E-state index in [-0.39, 0.29) is 11.3 Å². The van der Waals surface area contributed by atoms with Crippen LogP contribution in [0.4, 0.5) is 4.79 Å². The van der Waals surface area contributed by atoms with Crippen LogP contribution in [0.15, 0.2) is 60.7 Å². The van der Waals surface area contributed by atoms with E-state index >= 15 is 0 Å². The van der Waals surface area contributed by atoms with Crippen molar-refractivity contribution in [3.8, 4) is 11.5 Å². The van der Waals surface area contributed by atoms with Crippen LogP contribution in [0.5, 0.6) is 11.5 Å². The average Bonchev–Trinajstić information content (AvgIpc) is 2.79. The summed E-state index contributed by atoms with van der Waals surface area (Å²) in [6.45, 7) is 0.398. The normalized spacial score (nSPS) is 15.2. The van der Waals surface area contributed by atoms with Crippen molar-refractivity contribution in [2.75, 3.05) is 13.7 Å². The highest BCUT2D eigenvalue weighted by Gasteiger charge is 2.15. The number of ether oxygens (including phenoxy) is 4. The lowest BCUT2D eigenvalue weighted by Crippen LogP contribution is -2.15. The van der Waals surface area contributed by atoms with Gasteiger partial charge >= 0.3 is 18.1 Å². The van der Waals surface area contributed by atoms with Gasteiger partial charge in [-0.2, -0.15) is 0 Å². The van der Waals surface area contributed by atoms with Crippen molar-refractivity contribution in [2.45, 2.75) is 19.3 Å². The molecule has 2 aromatic rings. The first-order valence-electron chi connectivity index (χ1n) is 9.55. The Morgan fingerprint density at radius 1 is 0.833 bits per heavy atom. The lowest BCUT2D eigenvalue weighted by molar-refractivity contribution is 0.0432. The maximum atomic E-state index is 12.2. The van der Waals surface area contributed by atoms with Crippen LogP contribution in [0.3, 0.4) is 0 Å². The van der Waals surface area contributed by atoms with Crippen LogP contribution in [0.2, 0.25) is 0 Å². The van der Waals surface area contributed by atoms with E-state index in [1.807, 2.05) is 0 Å². The second kappa shape index (κ2) is 10.2. The zero-order chi connectivity index (χ0) is 21.3. The molecule has 156 valence electrons. The molecule has 1 aliphatic rings. The molecule has 0 saturated heterocycles. The smallest absolute Gasteiger partial charge is 0.462 e. The standard InChI is InChI=1S/C23H22O7/c1-27-23(26)30-20-13-9-18(10-14-20)22(25)29-19-11-7-17(8-12-19)21(24)28-15-16-5-3-2-4-6-16/h2-3,7-14,16H,4-6,15H2,1H3. The van der Waals surface area contributed by atoms with Crippen molar-refractivity contribution in [3.05, 3.63) is 71.8 Å². The maximum Gasteiger partial charge on any atom is 0.513 e. The summed E-state index contributed by atoms with van der Waals surface area (Å²) >= 11 is 0. The number of hydrogen-bond donors (Lipinski definition) is 0. The van der Waals surface area contributed by atoms with Gasteiger partial charge in [-0.25, -0.2) is 14.4 Å². The summed E-state index contributed by atoms with van der Waals surface area (Å²) in [7, 11) is 1.20. The SMILES string of the molecule is COC(=O)Oc1ccc(C(=O)Oc2ccc(C(=O)OCC3CC=CCC3)cc2)cc1. The van der Waals surface area contributed by atoms with E-state index in [1.54, 1.807) is 12.1 Å². The van der Waals surface area contributed by atoms with Gasteiger partial charge in [-0.1, -0.05) is 12.2 Å². The summed E-state index contributed by atoms with van der Waals surface area (Å²) in [6.07, 6.45) is 6.38. The van der Waals surface area contributed by atoms with Crippen LogP contribution in [-0.2, 0) is 9.47 Å². The fraction of sp³-hybridized carbons (Fsp3) is 0.261.